The Bertz CT molecular complexity index is 568. The molecule has 1 atom stereocenters. The largest absolute Gasteiger partial charge is 0.380 e. The predicted molar refractivity (Wildman–Crippen MR) is 81.7 cm³/mol. The summed E-state index contributed by atoms with van der Waals surface area (Å²) in [5.74, 6) is 0. The van der Waals surface area contributed by atoms with E-state index in [1.165, 1.54) is 0 Å². The maximum Gasteiger partial charge on any atom is 0.244 e. The molecule has 0 saturated carbocycles. The number of rotatable bonds is 6. The lowest BCUT2D eigenvalue weighted by molar-refractivity contribution is 0.0572. The van der Waals surface area contributed by atoms with E-state index in [9.17, 15) is 8.42 Å². The minimum absolute atomic E-state index is 0.00133. The van der Waals surface area contributed by atoms with Crippen molar-refractivity contribution >= 4 is 10.0 Å². The average molecular weight is 315 g/mol. The van der Waals surface area contributed by atoms with Crippen molar-refractivity contribution in [3.63, 3.8) is 0 Å². The van der Waals surface area contributed by atoms with Crippen molar-refractivity contribution in [1.29, 1.82) is 0 Å². The van der Waals surface area contributed by atoms with Gasteiger partial charge in [-0.2, -0.15) is 4.31 Å². The summed E-state index contributed by atoms with van der Waals surface area (Å²) in [6.07, 6.45) is 3.50. The first-order valence-electron chi connectivity index (χ1n) is 7.39. The van der Waals surface area contributed by atoms with Gasteiger partial charge in [-0.15, -0.1) is 0 Å². The van der Waals surface area contributed by atoms with Gasteiger partial charge in [-0.3, -0.25) is 0 Å². The molecule has 1 unspecified atom stereocenters. The molecule has 120 valence electrons. The minimum Gasteiger partial charge on any atom is -0.380 e. The molecule has 1 saturated heterocycles. The fourth-order valence-electron chi connectivity index (χ4n) is 2.75. The Kier molecular flexibility index (Phi) is 5.43. The van der Waals surface area contributed by atoms with E-state index < -0.39 is 10.0 Å². The van der Waals surface area contributed by atoms with Gasteiger partial charge in [-0.25, -0.2) is 8.42 Å². The summed E-state index contributed by atoms with van der Waals surface area (Å²) in [6, 6.07) is 1.77. The van der Waals surface area contributed by atoms with Crippen molar-refractivity contribution in [1.82, 2.24) is 14.2 Å². The van der Waals surface area contributed by atoms with Crippen LogP contribution in [0.4, 0.5) is 0 Å². The maximum absolute atomic E-state index is 12.8. The molecule has 0 amide bonds. The van der Waals surface area contributed by atoms with Crippen molar-refractivity contribution in [3.8, 4) is 0 Å². The molecule has 0 spiro atoms. The van der Waals surface area contributed by atoms with Gasteiger partial charge < -0.3 is 14.6 Å². The summed E-state index contributed by atoms with van der Waals surface area (Å²) in [4.78, 5) is 0.381. The van der Waals surface area contributed by atoms with Crippen molar-refractivity contribution in [2.75, 3.05) is 27.2 Å². The number of sulfonamides is 1. The van der Waals surface area contributed by atoms with Crippen LogP contribution < -0.4 is 5.32 Å². The highest BCUT2D eigenvalue weighted by atomic mass is 32.2. The zero-order chi connectivity index (χ0) is 15.5. The van der Waals surface area contributed by atoms with E-state index in [4.69, 9.17) is 4.74 Å². The highest BCUT2D eigenvalue weighted by molar-refractivity contribution is 7.89. The fourth-order valence-corrected chi connectivity index (χ4v) is 4.33. The SMILES string of the molecule is CCn1cc(S(=O)(=O)N2CCCC(OC)C2)cc1CNC. The fraction of sp³-hybridized carbons (Fsp3) is 0.714. The lowest BCUT2D eigenvalue weighted by Gasteiger charge is -2.30. The second kappa shape index (κ2) is 6.91. The zero-order valence-corrected chi connectivity index (χ0v) is 13.8. The van der Waals surface area contributed by atoms with E-state index in [0.717, 1.165) is 25.1 Å². The van der Waals surface area contributed by atoms with Gasteiger partial charge in [0.1, 0.15) is 4.90 Å². The maximum atomic E-state index is 12.8. The summed E-state index contributed by atoms with van der Waals surface area (Å²) in [7, 11) is 0.0640. The van der Waals surface area contributed by atoms with Crippen LogP contribution in [0.25, 0.3) is 0 Å². The molecule has 2 rings (SSSR count). The van der Waals surface area contributed by atoms with Crippen LogP contribution in [0.15, 0.2) is 17.2 Å². The molecular formula is C14H25N3O3S. The van der Waals surface area contributed by atoms with Crippen LogP contribution >= 0.6 is 0 Å². The minimum atomic E-state index is -3.43. The Morgan fingerprint density at radius 1 is 1.48 bits per heavy atom. The third kappa shape index (κ3) is 3.48. The van der Waals surface area contributed by atoms with Gasteiger partial charge in [-0.1, -0.05) is 0 Å². The van der Waals surface area contributed by atoms with Crippen molar-refractivity contribution in [2.24, 2.45) is 0 Å². The van der Waals surface area contributed by atoms with Crippen LogP contribution in [0.5, 0.6) is 0 Å². The Balaban J connectivity index is 2.26. The molecule has 1 aliphatic heterocycles. The van der Waals surface area contributed by atoms with Gasteiger partial charge in [0.15, 0.2) is 0 Å². The third-order valence-electron chi connectivity index (χ3n) is 3.97. The molecule has 1 aromatic heterocycles. The molecule has 2 heterocycles. The van der Waals surface area contributed by atoms with E-state index >= 15 is 0 Å². The highest BCUT2D eigenvalue weighted by Crippen LogP contribution is 2.23. The number of ether oxygens (including phenoxy) is 1. The van der Waals surface area contributed by atoms with Crippen LogP contribution in [0.2, 0.25) is 0 Å². The number of piperidine rings is 1. The number of nitrogens with one attached hydrogen (secondary N) is 1. The summed E-state index contributed by atoms with van der Waals surface area (Å²) in [6.45, 7) is 4.44. The second-order valence-electron chi connectivity index (χ2n) is 5.35. The van der Waals surface area contributed by atoms with E-state index in [-0.39, 0.29) is 6.10 Å². The van der Waals surface area contributed by atoms with Gasteiger partial charge in [-0.05, 0) is 32.9 Å². The number of hydrogen-bond donors (Lipinski definition) is 1. The Labute approximate surface area is 127 Å². The number of aromatic nitrogens is 1. The normalized spacial score (nSPS) is 20.8. The number of aryl methyl sites for hydroxylation is 1. The summed E-state index contributed by atoms with van der Waals surface area (Å²) >= 11 is 0. The van der Waals surface area contributed by atoms with Crippen LogP contribution in [0.1, 0.15) is 25.5 Å². The number of hydrogen-bond acceptors (Lipinski definition) is 4. The first-order chi connectivity index (χ1) is 10.0. The van der Waals surface area contributed by atoms with Crippen molar-refractivity contribution in [2.45, 2.75) is 43.9 Å². The molecule has 1 aliphatic rings. The van der Waals surface area contributed by atoms with Gasteiger partial charge in [0.05, 0.1) is 6.10 Å². The van der Waals surface area contributed by atoms with Crippen LogP contribution in [0, 0.1) is 0 Å². The second-order valence-corrected chi connectivity index (χ2v) is 7.28. The van der Waals surface area contributed by atoms with Gasteiger partial charge in [0.2, 0.25) is 10.0 Å². The molecular weight excluding hydrogens is 290 g/mol. The number of methoxy groups -OCH3 is 1. The molecule has 0 aromatic carbocycles. The molecule has 0 bridgehead atoms. The molecule has 0 radical (unpaired) electrons. The quantitative estimate of drug-likeness (QED) is 0.851. The molecule has 1 N–H and O–H groups in total. The lowest BCUT2D eigenvalue weighted by Crippen LogP contribution is -2.42. The van der Waals surface area contributed by atoms with E-state index in [0.29, 0.717) is 24.5 Å². The molecule has 21 heavy (non-hydrogen) atoms. The summed E-state index contributed by atoms with van der Waals surface area (Å²) in [5.41, 5.74) is 0.985. The van der Waals surface area contributed by atoms with Crippen LogP contribution in [0.3, 0.4) is 0 Å². The Morgan fingerprint density at radius 2 is 2.24 bits per heavy atom. The average Bonchev–Trinajstić information content (AvgIpc) is 2.91. The third-order valence-corrected chi connectivity index (χ3v) is 5.80. The lowest BCUT2D eigenvalue weighted by atomic mass is 10.1. The Hall–Kier alpha value is -0.890. The van der Waals surface area contributed by atoms with Crippen LogP contribution in [-0.4, -0.2) is 50.6 Å². The zero-order valence-electron chi connectivity index (χ0n) is 13.0. The number of nitrogens with zero attached hydrogens (tertiary/aromatic N) is 2. The van der Waals surface area contributed by atoms with Gasteiger partial charge in [0, 0.05) is 45.2 Å². The molecule has 1 aromatic rings. The standard InChI is InChI=1S/C14H25N3O3S/c1-4-16-11-14(8-12(16)9-15-2)21(18,19)17-7-5-6-13(10-17)20-3/h8,11,13,15H,4-7,9-10H2,1-3H3. The smallest absolute Gasteiger partial charge is 0.244 e. The van der Waals surface area contributed by atoms with E-state index in [2.05, 4.69) is 5.32 Å². The van der Waals surface area contributed by atoms with E-state index in [1.807, 2.05) is 18.5 Å². The Morgan fingerprint density at radius 3 is 2.86 bits per heavy atom. The predicted octanol–water partition coefficient (Wildman–Crippen LogP) is 1.03. The van der Waals surface area contributed by atoms with Gasteiger partial charge in [0.25, 0.3) is 0 Å². The summed E-state index contributed by atoms with van der Waals surface area (Å²) < 4.78 is 34.4. The summed E-state index contributed by atoms with van der Waals surface area (Å²) in [5, 5.41) is 3.07. The van der Waals surface area contributed by atoms with Crippen molar-refractivity contribution in [3.05, 3.63) is 18.0 Å². The van der Waals surface area contributed by atoms with Crippen LogP contribution in [-0.2, 0) is 27.8 Å². The van der Waals surface area contributed by atoms with E-state index in [1.54, 1.807) is 23.7 Å². The van der Waals surface area contributed by atoms with Crippen molar-refractivity contribution < 1.29 is 13.2 Å². The topological polar surface area (TPSA) is 63.6 Å². The molecule has 0 aliphatic carbocycles. The highest BCUT2D eigenvalue weighted by Gasteiger charge is 2.31. The van der Waals surface area contributed by atoms with Gasteiger partial charge >= 0.3 is 0 Å². The first-order valence-corrected chi connectivity index (χ1v) is 8.83. The molecule has 6 nitrogen and oxygen atoms in total. The molecule has 7 heteroatoms. The first kappa shape index (κ1) is 16.5. The molecule has 1 fully saturated rings. The monoisotopic (exact) mass is 315 g/mol.